The summed E-state index contributed by atoms with van der Waals surface area (Å²) >= 11 is 0. The van der Waals surface area contributed by atoms with Gasteiger partial charge in [0.2, 0.25) is 5.91 Å². The Morgan fingerprint density at radius 1 is 1.31 bits per heavy atom. The van der Waals surface area contributed by atoms with Crippen LogP contribution in [0.5, 0.6) is 0 Å². The van der Waals surface area contributed by atoms with Crippen LogP contribution in [-0.4, -0.2) is 59.8 Å². The Morgan fingerprint density at radius 2 is 2.04 bits per heavy atom. The smallest absolute Gasteiger partial charge is 0.221 e. The minimum atomic E-state index is 0.00416. The Hall–Kier alpha value is -1.92. The van der Waals surface area contributed by atoms with Gasteiger partial charge in [0.05, 0.1) is 11.0 Å². The molecule has 1 aromatic carbocycles. The number of carbonyl (C=O) groups excluding carboxylic acids is 1. The van der Waals surface area contributed by atoms with Crippen molar-refractivity contribution in [2.45, 2.75) is 44.7 Å². The van der Waals surface area contributed by atoms with Crippen LogP contribution in [0.3, 0.4) is 0 Å². The first-order chi connectivity index (χ1) is 12.6. The molecule has 6 heteroatoms. The number of benzene rings is 1. The van der Waals surface area contributed by atoms with E-state index < -0.39 is 0 Å². The van der Waals surface area contributed by atoms with Crippen LogP contribution in [0.2, 0.25) is 0 Å². The van der Waals surface area contributed by atoms with Crippen molar-refractivity contribution in [3.8, 4) is 0 Å². The molecule has 0 aliphatic carbocycles. The van der Waals surface area contributed by atoms with Crippen LogP contribution in [0.4, 0.5) is 0 Å². The lowest BCUT2D eigenvalue weighted by molar-refractivity contribution is -0.122. The molecule has 0 atom stereocenters. The summed E-state index contributed by atoms with van der Waals surface area (Å²) in [4.78, 5) is 19.4. The van der Waals surface area contributed by atoms with Crippen LogP contribution in [0, 0.1) is 0 Å². The predicted molar refractivity (Wildman–Crippen MR) is 103 cm³/mol. The van der Waals surface area contributed by atoms with Gasteiger partial charge in [-0.25, -0.2) is 4.98 Å². The maximum Gasteiger partial charge on any atom is 0.221 e. The van der Waals surface area contributed by atoms with Crippen molar-refractivity contribution in [3.05, 3.63) is 30.1 Å². The van der Waals surface area contributed by atoms with E-state index in [4.69, 9.17) is 4.74 Å². The summed E-state index contributed by atoms with van der Waals surface area (Å²) in [5.41, 5.74) is 2.11. The van der Waals surface area contributed by atoms with Crippen molar-refractivity contribution < 1.29 is 9.53 Å². The summed E-state index contributed by atoms with van der Waals surface area (Å²) in [7, 11) is 4.17. The van der Waals surface area contributed by atoms with Crippen molar-refractivity contribution in [2.24, 2.45) is 0 Å². The van der Waals surface area contributed by atoms with Gasteiger partial charge in [-0.15, -0.1) is 0 Å². The number of carbonyl (C=O) groups is 1. The minimum absolute atomic E-state index is 0.00416. The number of imidazole rings is 1. The van der Waals surface area contributed by atoms with Crippen molar-refractivity contribution in [2.75, 3.05) is 33.9 Å². The van der Waals surface area contributed by atoms with E-state index in [1.54, 1.807) is 0 Å². The average Bonchev–Trinajstić information content (AvgIpc) is 3.03. The highest BCUT2D eigenvalue weighted by atomic mass is 16.5. The third-order valence-corrected chi connectivity index (χ3v) is 5.60. The number of aromatic nitrogens is 2. The van der Waals surface area contributed by atoms with Crippen LogP contribution >= 0.6 is 0 Å². The molecule has 1 aromatic heterocycles. The van der Waals surface area contributed by atoms with Crippen LogP contribution in [0.25, 0.3) is 11.0 Å². The van der Waals surface area contributed by atoms with Crippen molar-refractivity contribution in [3.63, 3.8) is 0 Å². The first-order valence-corrected chi connectivity index (χ1v) is 9.52. The summed E-state index contributed by atoms with van der Waals surface area (Å²) in [6.45, 7) is 4.95. The van der Waals surface area contributed by atoms with Crippen LogP contribution in [0.15, 0.2) is 24.3 Å². The van der Waals surface area contributed by atoms with E-state index in [1.165, 1.54) is 0 Å². The lowest BCUT2D eigenvalue weighted by Gasteiger charge is -2.42. The van der Waals surface area contributed by atoms with Gasteiger partial charge in [-0.05, 0) is 39.1 Å². The number of rotatable bonds is 7. The molecule has 3 rings (SSSR count). The fraction of sp³-hybridized carbons (Fsp3) is 0.600. The van der Waals surface area contributed by atoms with Gasteiger partial charge < -0.3 is 19.5 Å². The van der Waals surface area contributed by atoms with Gasteiger partial charge >= 0.3 is 0 Å². The molecule has 1 N–H and O–H groups in total. The van der Waals surface area contributed by atoms with Crippen LogP contribution in [0.1, 0.15) is 32.0 Å². The zero-order valence-corrected chi connectivity index (χ0v) is 16.1. The van der Waals surface area contributed by atoms with Crippen molar-refractivity contribution in [1.82, 2.24) is 19.8 Å². The van der Waals surface area contributed by atoms with E-state index in [-0.39, 0.29) is 11.4 Å². The van der Waals surface area contributed by atoms with E-state index in [0.717, 1.165) is 49.3 Å². The van der Waals surface area contributed by atoms with Gasteiger partial charge in [-0.1, -0.05) is 19.1 Å². The normalized spacial score (nSPS) is 16.9. The number of nitrogens with one attached hydrogen (secondary N) is 1. The lowest BCUT2D eigenvalue weighted by atomic mass is 9.88. The van der Waals surface area contributed by atoms with E-state index in [0.29, 0.717) is 19.5 Å². The molecule has 0 radical (unpaired) electrons. The largest absolute Gasteiger partial charge is 0.381 e. The predicted octanol–water partition coefficient (Wildman–Crippen LogP) is 2.22. The SMILES string of the molecule is CCc1nc2ccccc2n1CCC(=O)NCC1(N(C)C)CCOCC1. The highest BCUT2D eigenvalue weighted by molar-refractivity contribution is 5.78. The van der Waals surface area contributed by atoms with Gasteiger partial charge in [0.15, 0.2) is 0 Å². The summed E-state index contributed by atoms with van der Waals surface area (Å²) in [5, 5.41) is 3.15. The van der Waals surface area contributed by atoms with E-state index in [9.17, 15) is 4.79 Å². The van der Waals surface area contributed by atoms with Crippen LogP contribution in [-0.2, 0) is 22.5 Å². The van der Waals surface area contributed by atoms with Gasteiger partial charge in [0.1, 0.15) is 5.82 Å². The molecule has 1 aliphatic rings. The maximum absolute atomic E-state index is 12.5. The summed E-state index contributed by atoms with van der Waals surface area (Å²) in [6, 6.07) is 8.12. The summed E-state index contributed by atoms with van der Waals surface area (Å²) in [5.74, 6) is 1.13. The molecular weight excluding hydrogens is 328 g/mol. The Labute approximate surface area is 155 Å². The second-order valence-electron chi connectivity index (χ2n) is 7.28. The first kappa shape index (κ1) is 18.9. The Bertz CT molecular complexity index is 747. The number of hydrogen-bond acceptors (Lipinski definition) is 4. The minimum Gasteiger partial charge on any atom is -0.381 e. The fourth-order valence-corrected chi connectivity index (χ4v) is 3.74. The topological polar surface area (TPSA) is 59.4 Å². The number of amides is 1. The lowest BCUT2D eigenvalue weighted by Crippen LogP contribution is -2.55. The average molecular weight is 358 g/mol. The summed E-state index contributed by atoms with van der Waals surface area (Å²) in [6.07, 6.45) is 3.23. The molecule has 2 aromatic rings. The Kier molecular flexibility index (Phi) is 5.94. The Balaban J connectivity index is 1.61. The molecule has 0 saturated carbocycles. The molecule has 1 aliphatic heterocycles. The molecule has 0 unspecified atom stereocenters. The van der Waals surface area contributed by atoms with Crippen molar-refractivity contribution >= 4 is 16.9 Å². The summed E-state index contributed by atoms with van der Waals surface area (Å²) < 4.78 is 7.67. The van der Waals surface area contributed by atoms with Crippen molar-refractivity contribution in [1.29, 1.82) is 0 Å². The third-order valence-electron chi connectivity index (χ3n) is 5.60. The van der Waals surface area contributed by atoms with Gasteiger partial charge in [0, 0.05) is 44.7 Å². The molecule has 26 heavy (non-hydrogen) atoms. The zero-order chi connectivity index (χ0) is 18.6. The second kappa shape index (κ2) is 8.18. The second-order valence-corrected chi connectivity index (χ2v) is 7.28. The molecule has 0 bridgehead atoms. The molecule has 2 heterocycles. The standard InChI is InChI=1S/C20H30N4O2/c1-4-18-22-16-7-5-6-8-17(16)24(18)12-9-19(25)21-15-20(23(2)3)10-13-26-14-11-20/h5-8H,4,9-15H2,1-3H3,(H,21,25). The monoisotopic (exact) mass is 358 g/mol. The molecular formula is C20H30N4O2. The van der Waals surface area contributed by atoms with E-state index in [2.05, 4.69) is 46.9 Å². The van der Waals surface area contributed by atoms with Gasteiger partial charge in [-0.3, -0.25) is 4.79 Å². The number of aryl methyl sites for hydroxylation is 2. The molecule has 1 fully saturated rings. The molecule has 0 spiro atoms. The van der Waals surface area contributed by atoms with Gasteiger partial charge in [-0.2, -0.15) is 0 Å². The highest BCUT2D eigenvalue weighted by Gasteiger charge is 2.34. The number of para-hydroxylation sites is 2. The quantitative estimate of drug-likeness (QED) is 0.824. The molecule has 142 valence electrons. The number of likely N-dealkylation sites (N-methyl/N-ethyl adjacent to an activating group) is 1. The van der Waals surface area contributed by atoms with E-state index in [1.807, 2.05) is 18.2 Å². The van der Waals surface area contributed by atoms with Crippen LogP contribution < -0.4 is 5.32 Å². The molecule has 6 nitrogen and oxygen atoms in total. The van der Waals surface area contributed by atoms with E-state index >= 15 is 0 Å². The fourth-order valence-electron chi connectivity index (χ4n) is 3.74. The zero-order valence-electron chi connectivity index (χ0n) is 16.1. The van der Waals surface area contributed by atoms with Gasteiger partial charge in [0.25, 0.3) is 0 Å². The third kappa shape index (κ3) is 3.91. The number of fused-ring (bicyclic) bond motifs is 1. The molecule has 1 saturated heterocycles. The number of nitrogens with zero attached hydrogens (tertiary/aromatic N) is 3. The molecule has 1 amide bonds. The number of hydrogen-bond donors (Lipinski definition) is 1. The highest BCUT2D eigenvalue weighted by Crippen LogP contribution is 2.25. The first-order valence-electron chi connectivity index (χ1n) is 9.52. The number of ether oxygens (including phenoxy) is 1. The Morgan fingerprint density at radius 3 is 2.73 bits per heavy atom. The maximum atomic E-state index is 12.5.